The lowest BCUT2D eigenvalue weighted by molar-refractivity contribution is -0.389. The van der Waals surface area contributed by atoms with Crippen LogP contribution in [0.3, 0.4) is 0 Å². The largest absolute Gasteiger partial charge is 0.457 e. The van der Waals surface area contributed by atoms with Crippen LogP contribution in [0, 0.1) is 3.57 Å². The average Bonchev–Trinajstić information content (AvgIpc) is 2.78. The summed E-state index contributed by atoms with van der Waals surface area (Å²) in [4.78, 5) is 16.8. The molecule has 0 spiro atoms. The van der Waals surface area contributed by atoms with E-state index in [0.717, 1.165) is 22.6 Å². The second-order valence-corrected chi connectivity index (χ2v) is 8.71. The summed E-state index contributed by atoms with van der Waals surface area (Å²) < 4.78 is 151. The molecule has 0 aliphatic rings. The fourth-order valence-electron chi connectivity index (χ4n) is 3.41. The number of alkyl halides is 11. The van der Waals surface area contributed by atoms with Crippen molar-refractivity contribution in [3.8, 4) is 5.75 Å². The number of rotatable bonds is 7. The minimum atomic E-state index is -7.01. The van der Waals surface area contributed by atoms with Crippen LogP contribution in [0.2, 0.25) is 0 Å². The van der Waals surface area contributed by atoms with Gasteiger partial charge in [0, 0.05) is 38.3 Å². The molecule has 3 aromatic rings. The number of hydrogen-bond acceptors (Lipinski definition) is 3. The number of carbonyl (C=O) groups excluding carboxylic acids is 1. The van der Waals surface area contributed by atoms with Gasteiger partial charge in [0.2, 0.25) is 0 Å². The number of nitrogens with zero attached hydrogens (tertiary/aromatic N) is 1. The van der Waals surface area contributed by atoms with E-state index in [2.05, 4.69) is 9.72 Å². The highest BCUT2D eigenvalue weighted by Crippen LogP contribution is 2.58. The van der Waals surface area contributed by atoms with E-state index in [-0.39, 0.29) is 17.7 Å². The molecule has 2 aromatic carbocycles. The minimum absolute atomic E-state index is 0.0119. The average molecular weight is 657 g/mol. The first-order chi connectivity index (χ1) is 16.9. The Labute approximate surface area is 213 Å². The zero-order chi connectivity index (χ0) is 28.0. The van der Waals surface area contributed by atoms with E-state index in [1.807, 2.05) is 0 Å². The first kappa shape index (κ1) is 28.8. The Hall–Kier alpha value is -2.72. The number of carbonyl (C=O) groups is 1. The van der Waals surface area contributed by atoms with Crippen LogP contribution < -0.4 is 4.74 Å². The van der Waals surface area contributed by atoms with E-state index in [0.29, 0.717) is 10.9 Å². The third-order valence-corrected chi connectivity index (χ3v) is 6.17. The van der Waals surface area contributed by atoms with Crippen molar-refractivity contribution in [1.82, 2.24) is 4.98 Å². The second kappa shape index (κ2) is 9.87. The van der Waals surface area contributed by atoms with Crippen molar-refractivity contribution in [2.24, 2.45) is 0 Å². The third-order valence-electron chi connectivity index (χ3n) is 5.21. The van der Waals surface area contributed by atoms with Crippen molar-refractivity contribution >= 4 is 39.3 Å². The van der Waals surface area contributed by atoms with Crippen LogP contribution in [-0.4, -0.2) is 35.7 Å². The molecule has 0 amide bonds. The first-order valence-corrected chi connectivity index (χ1v) is 10.8. The molecule has 0 fully saturated rings. The van der Waals surface area contributed by atoms with Crippen molar-refractivity contribution in [3.05, 3.63) is 68.9 Å². The molecule has 1 atom stereocenters. The van der Waals surface area contributed by atoms with E-state index >= 15 is 0 Å². The molecule has 1 aromatic heterocycles. The van der Waals surface area contributed by atoms with Gasteiger partial charge in [0.15, 0.2) is 5.78 Å². The molecule has 0 radical (unpaired) electrons. The summed E-state index contributed by atoms with van der Waals surface area (Å²) in [5, 5.41) is 0.490. The van der Waals surface area contributed by atoms with Crippen molar-refractivity contribution < 1.29 is 57.8 Å². The lowest BCUT2D eigenvalue weighted by Gasteiger charge is -2.36. The molecule has 0 bridgehead atoms. The lowest BCUT2D eigenvalue weighted by atomic mass is 9.86. The molecule has 0 N–H and O–H groups in total. The number of pyridine rings is 1. The van der Waals surface area contributed by atoms with Crippen LogP contribution >= 0.6 is 22.6 Å². The second-order valence-electron chi connectivity index (χ2n) is 7.55. The molecule has 1 heterocycles. The number of aromatic nitrogens is 1. The number of fused-ring (bicyclic) bond motifs is 1. The minimum Gasteiger partial charge on any atom is -0.434 e. The van der Waals surface area contributed by atoms with Gasteiger partial charge in [0.25, 0.3) is 0 Å². The molecule has 1 unspecified atom stereocenters. The summed E-state index contributed by atoms with van der Waals surface area (Å²) >= 11 is 1.10. The van der Waals surface area contributed by atoms with Gasteiger partial charge in [-0.15, -0.1) is 0 Å². The molecule has 0 aliphatic heterocycles. The Morgan fingerprint density at radius 3 is 2.14 bits per heavy atom. The summed E-state index contributed by atoms with van der Waals surface area (Å²) in [6, 6.07) is 6.86. The Bertz CT molecular complexity index is 1320. The summed E-state index contributed by atoms with van der Waals surface area (Å²) in [6.07, 6.45) is -13.2. The molecule has 37 heavy (non-hydrogen) atoms. The number of hydrogen-bond donors (Lipinski definition) is 0. The molecule has 15 heteroatoms. The number of Topliss-reactive ketones (excluding diaryl/α,β-unsaturated/α-hetero) is 1. The first-order valence-electron chi connectivity index (χ1n) is 9.76. The van der Waals surface area contributed by atoms with Crippen LogP contribution in [-0.2, 0) is 12.1 Å². The van der Waals surface area contributed by atoms with Crippen molar-refractivity contribution in [2.75, 3.05) is 0 Å². The van der Waals surface area contributed by atoms with Crippen LogP contribution in [0.15, 0.2) is 48.7 Å². The van der Waals surface area contributed by atoms with E-state index in [4.69, 9.17) is 0 Å². The van der Waals surface area contributed by atoms with E-state index in [1.54, 1.807) is 12.1 Å². The van der Waals surface area contributed by atoms with Crippen molar-refractivity contribution in [1.29, 1.82) is 0 Å². The highest BCUT2D eigenvalue weighted by atomic mass is 127. The fourth-order valence-corrected chi connectivity index (χ4v) is 4.20. The van der Waals surface area contributed by atoms with Crippen LogP contribution in [0.4, 0.5) is 48.3 Å². The standard InChI is InChI=1S/C22H11F11INO2/c23-18(24)37-17-8-12(19(25,21(28,29)30)20(26,27)22(31,32)33)7-14(34)13(17)9-16(36)11-3-4-15-10(6-11)2-1-5-35-15/h1-8,18H,9H2. The van der Waals surface area contributed by atoms with E-state index in [1.165, 1.54) is 24.4 Å². The van der Waals surface area contributed by atoms with Gasteiger partial charge in [-0.05, 0) is 59.0 Å². The molecular weight excluding hydrogens is 646 g/mol. The van der Waals surface area contributed by atoms with Gasteiger partial charge in [-0.2, -0.15) is 43.9 Å². The van der Waals surface area contributed by atoms with Crippen LogP contribution in [0.1, 0.15) is 21.5 Å². The number of benzene rings is 2. The summed E-state index contributed by atoms with van der Waals surface area (Å²) in [5.74, 6) is -9.20. The monoisotopic (exact) mass is 657 g/mol. The Morgan fingerprint density at radius 2 is 1.57 bits per heavy atom. The number of halogens is 12. The van der Waals surface area contributed by atoms with Gasteiger partial charge in [-0.25, -0.2) is 4.39 Å². The molecular formula is C22H11F11INO2. The molecule has 0 saturated heterocycles. The molecule has 200 valence electrons. The predicted molar refractivity (Wildman–Crippen MR) is 115 cm³/mol. The van der Waals surface area contributed by atoms with E-state index < -0.39 is 63.2 Å². The SMILES string of the molecule is O=C(Cc1c(I)cc(C(F)(C(F)(F)F)C(F)(F)C(F)(F)F)cc1OC(F)F)c1ccc2ncccc2c1. The third kappa shape index (κ3) is 5.31. The summed E-state index contributed by atoms with van der Waals surface area (Å²) in [6.45, 7) is -3.81. The quantitative estimate of drug-likeness (QED) is 0.148. The van der Waals surface area contributed by atoms with Crippen LogP contribution in [0.25, 0.3) is 10.9 Å². The highest BCUT2D eigenvalue weighted by molar-refractivity contribution is 14.1. The highest BCUT2D eigenvalue weighted by Gasteiger charge is 2.81. The lowest BCUT2D eigenvalue weighted by Crippen LogP contribution is -2.59. The van der Waals surface area contributed by atoms with E-state index in [9.17, 15) is 53.1 Å². The molecule has 0 aliphatic carbocycles. The van der Waals surface area contributed by atoms with Gasteiger partial charge in [0.1, 0.15) is 5.75 Å². The number of ether oxygens (including phenoxy) is 1. The maximum Gasteiger partial charge on any atom is 0.457 e. The van der Waals surface area contributed by atoms with Gasteiger partial charge in [-0.3, -0.25) is 9.78 Å². The maximum atomic E-state index is 14.9. The Kier molecular flexibility index (Phi) is 7.69. The molecule has 3 rings (SSSR count). The van der Waals surface area contributed by atoms with Gasteiger partial charge in [0.05, 0.1) is 5.52 Å². The normalized spacial score (nSPS) is 14.6. The van der Waals surface area contributed by atoms with Gasteiger partial charge >= 0.3 is 30.6 Å². The Balaban J connectivity index is 2.15. The van der Waals surface area contributed by atoms with Crippen molar-refractivity contribution in [3.63, 3.8) is 0 Å². The molecule has 0 saturated carbocycles. The Morgan fingerprint density at radius 1 is 0.919 bits per heavy atom. The number of ketones is 1. The zero-order valence-electron chi connectivity index (χ0n) is 17.7. The maximum absolute atomic E-state index is 14.9. The fraction of sp³-hybridized carbons (Fsp3) is 0.273. The zero-order valence-corrected chi connectivity index (χ0v) is 19.9. The van der Waals surface area contributed by atoms with Crippen LogP contribution in [0.5, 0.6) is 5.75 Å². The topological polar surface area (TPSA) is 39.2 Å². The summed E-state index contributed by atoms with van der Waals surface area (Å²) in [5.41, 5.74) is -8.82. The predicted octanol–water partition coefficient (Wildman–Crippen LogP) is 7.79. The van der Waals surface area contributed by atoms with Crippen molar-refractivity contribution in [2.45, 2.75) is 37.0 Å². The smallest absolute Gasteiger partial charge is 0.434 e. The summed E-state index contributed by atoms with van der Waals surface area (Å²) in [7, 11) is 0. The van der Waals surface area contributed by atoms with Gasteiger partial charge < -0.3 is 4.74 Å². The van der Waals surface area contributed by atoms with Gasteiger partial charge in [-0.1, -0.05) is 6.07 Å². The molecule has 3 nitrogen and oxygen atoms in total.